The van der Waals surface area contributed by atoms with Crippen LogP contribution in [0.3, 0.4) is 0 Å². The summed E-state index contributed by atoms with van der Waals surface area (Å²) in [4.78, 5) is 38.3. The standard InChI is InChI=1S/C77H124O6/c1-4-7-10-13-16-19-22-25-28-29-30-31-32-33-34-35-36-37-38-39-40-41-42-43-44-45-46-47-50-52-55-58-61-64-67-70-76(79)82-73-74(83-77(80)71-68-65-62-59-56-53-49-27-24-21-18-15-12-9-6-3)72-81-75(78)69-66-63-60-57-54-51-48-26-23-20-17-14-11-8-5-2/h7,9-10,12,16-21,25-28,30-31,33-34,36-37,39-40,48-49,56,59,74H,4-6,8,11,13-15,22-24,29,32,35,38,41-47,50-55,57-58,60-73H2,1-3H3/b10-7-,12-9-,19-16-,20-17-,21-18-,28-25-,31-30-,34-33-,37-36-,40-39-,48-26-,49-27-,59-56-. The fraction of sp³-hybridized carbons (Fsp3) is 0.623. The van der Waals surface area contributed by atoms with Crippen molar-refractivity contribution in [1.29, 1.82) is 0 Å². The molecule has 0 bridgehead atoms. The predicted molar refractivity (Wildman–Crippen MR) is 362 cm³/mol. The summed E-state index contributed by atoms with van der Waals surface area (Å²) in [5, 5.41) is 0. The molecule has 0 aromatic rings. The predicted octanol–water partition coefficient (Wildman–Crippen LogP) is 23.7. The molecular weight excluding hydrogens is 1020 g/mol. The van der Waals surface area contributed by atoms with E-state index in [-0.39, 0.29) is 37.5 Å². The molecule has 0 aliphatic heterocycles. The highest BCUT2D eigenvalue weighted by molar-refractivity contribution is 5.71. The second kappa shape index (κ2) is 69.5. The second-order valence-electron chi connectivity index (χ2n) is 22.0. The van der Waals surface area contributed by atoms with Crippen LogP contribution in [-0.2, 0) is 28.6 Å². The quantitative estimate of drug-likeness (QED) is 0.0261. The number of carbonyl (C=O) groups excluding carboxylic acids is 3. The van der Waals surface area contributed by atoms with E-state index in [1.165, 1.54) is 96.3 Å². The molecule has 0 aromatic heterocycles. The number of unbranched alkanes of at least 4 members (excludes halogenated alkanes) is 23. The Morgan fingerprint density at radius 2 is 0.470 bits per heavy atom. The smallest absolute Gasteiger partial charge is 0.306 e. The molecule has 0 radical (unpaired) electrons. The summed E-state index contributed by atoms with van der Waals surface area (Å²) in [6.07, 6.45) is 101. The van der Waals surface area contributed by atoms with Gasteiger partial charge in [-0.1, -0.05) is 281 Å². The van der Waals surface area contributed by atoms with Crippen molar-refractivity contribution >= 4 is 17.9 Å². The van der Waals surface area contributed by atoms with Gasteiger partial charge in [-0.3, -0.25) is 14.4 Å². The van der Waals surface area contributed by atoms with Crippen molar-refractivity contribution in [3.8, 4) is 0 Å². The second-order valence-corrected chi connectivity index (χ2v) is 22.0. The van der Waals surface area contributed by atoms with Crippen LogP contribution < -0.4 is 0 Å². The Morgan fingerprint density at radius 3 is 0.759 bits per heavy atom. The fourth-order valence-corrected chi connectivity index (χ4v) is 8.97. The summed E-state index contributed by atoms with van der Waals surface area (Å²) in [5.74, 6) is -0.961. The van der Waals surface area contributed by atoms with E-state index in [4.69, 9.17) is 14.2 Å². The molecule has 0 N–H and O–H groups in total. The van der Waals surface area contributed by atoms with Crippen molar-refractivity contribution in [2.45, 2.75) is 297 Å². The minimum atomic E-state index is -0.813. The third-order valence-electron chi connectivity index (χ3n) is 14.0. The van der Waals surface area contributed by atoms with Crippen LogP contribution in [0.15, 0.2) is 158 Å². The van der Waals surface area contributed by atoms with Gasteiger partial charge in [0.15, 0.2) is 6.10 Å². The number of rotatable bonds is 60. The van der Waals surface area contributed by atoms with Crippen molar-refractivity contribution in [1.82, 2.24) is 0 Å². The fourth-order valence-electron chi connectivity index (χ4n) is 8.97. The Balaban J connectivity index is 4.26. The van der Waals surface area contributed by atoms with Crippen LogP contribution >= 0.6 is 0 Å². The third-order valence-corrected chi connectivity index (χ3v) is 14.0. The highest BCUT2D eigenvalue weighted by Gasteiger charge is 2.19. The van der Waals surface area contributed by atoms with Crippen LogP contribution in [-0.4, -0.2) is 37.2 Å². The lowest BCUT2D eigenvalue weighted by molar-refractivity contribution is -0.167. The Bertz CT molecular complexity index is 1840. The summed E-state index contributed by atoms with van der Waals surface area (Å²) < 4.78 is 16.9. The normalized spacial score (nSPS) is 13.1. The summed E-state index contributed by atoms with van der Waals surface area (Å²) >= 11 is 0. The zero-order valence-corrected chi connectivity index (χ0v) is 53.7. The first-order valence-corrected chi connectivity index (χ1v) is 34.0. The van der Waals surface area contributed by atoms with E-state index < -0.39 is 6.10 Å². The maximum Gasteiger partial charge on any atom is 0.306 e. The van der Waals surface area contributed by atoms with Gasteiger partial charge in [0.05, 0.1) is 0 Å². The zero-order chi connectivity index (χ0) is 59.9. The van der Waals surface area contributed by atoms with E-state index in [9.17, 15) is 14.4 Å². The van der Waals surface area contributed by atoms with Gasteiger partial charge in [-0.15, -0.1) is 0 Å². The molecule has 0 heterocycles. The summed E-state index contributed by atoms with van der Waals surface area (Å²) in [6, 6.07) is 0. The highest BCUT2D eigenvalue weighted by atomic mass is 16.6. The summed E-state index contributed by atoms with van der Waals surface area (Å²) in [7, 11) is 0. The molecule has 0 aliphatic carbocycles. The largest absolute Gasteiger partial charge is 0.462 e. The maximum absolute atomic E-state index is 12.9. The van der Waals surface area contributed by atoms with Gasteiger partial charge in [-0.2, -0.15) is 0 Å². The number of hydrogen-bond acceptors (Lipinski definition) is 6. The van der Waals surface area contributed by atoms with E-state index in [1.54, 1.807) is 0 Å². The Labute approximate surface area is 511 Å². The zero-order valence-electron chi connectivity index (χ0n) is 53.7. The molecular formula is C77H124O6. The Morgan fingerprint density at radius 1 is 0.253 bits per heavy atom. The molecule has 0 aliphatic rings. The molecule has 83 heavy (non-hydrogen) atoms. The molecule has 1 unspecified atom stereocenters. The maximum atomic E-state index is 12.9. The minimum Gasteiger partial charge on any atom is -0.462 e. The SMILES string of the molecule is CC/C=C\C/C=C\C/C=C\C/C=C\C/C=C\C/C=C\C/C=C\CCCCCCCCCCCCCCCC(=O)OCC(COC(=O)CCCCCCC/C=C\C/C=C\CCCCC)OC(=O)CCCC/C=C\C/C=C\C/C=C\C/C=C\CC. The van der Waals surface area contributed by atoms with Crippen LogP contribution in [0.2, 0.25) is 0 Å². The lowest BCUT2D eigenvalue weighted by Crippen LogP contribution is -2.30. The lowest BCUT2D eigenvalue weighted by Gasteiger charge is -2.18. The van der Waals surface area contributed by atoms with Gasteiger partial charge in [-0.25, -0.2) is 0 Å². The molecule has 468 valence electrons. The molecule has 1 atom stereocenters. The molecule has 0 saturated heterocycles. The van der Waals surface area contributed by atoms with Gasteiger partial charge in [-0.05, 0) is 148 Å². The first-order valence-electron chi connectivity index (χ1n) is 34.0. The molecule has 0 fully saturated rings. The molecule has 0 spiro atoms. The number of esters is 3. The van der Waals surface area contributed by atoms with Crippen LogP contribution in [0.5, 0.6) is 0 Å². The van der Waals surface area contributed by atoms with E-state index in [1.807, 2.05) is 0 Å². The van der Waals surface area contributed by atoms with E-state index >= 15 is 0 Å². The number of ether oxygens (including phenoxy) is 3. The molecule has 0 aromatic carbocycles. The van der Waals surface area contributed by atoms with Gasteiger partial charge in [0.1, 0.15) is 13.2 Å². The van der Waals surface area contributed by atoms with Crippen molar-refractivity contribution in [3.05, 3.63) is 158 Å². The number of allylic oxidation sites excluding steroid dienone is 26. The number of hydrogen-bond donors (Lipinski definition) is 0. The first kappa shape index (κ1) is 78.0. The molecule has 0 amide bonds. The van der Waals surface area contributed by atoms with E-state index in [2.05, 4.69) is 179 Å². The molecule has 6 heteroatoms. The van der Waals surface area contributed by atoms with Crippen molar-refractivity contribution in [2.24, 2.45) is 0 Å². The average Bonchev–Trinajstić information content (AvgIpc) is 3.49. The van der Waals surface area contributed by atoms with Crippen LogP contribution in [0.25, 0.3) is 0 Å². The number of carbonyl (C=O) groups is 3. The van der Waals surface area contributed by atoms with Crippen LogP contribution in [0, 0.1) is 0 Å². The third kappa shape index (κ3) is 67.7. The highest BCUT2D eigenvalue weighted by Crippen LogP contribution is 2.15. The topological polar surface area (TPSA) is 78.9 Å². The molecule has 0 rings (SSSR count). The van der Waals surface area contributed by atoms with Crippen LogP contribution in [0.1, 0.15) is 290 Å². The lowest BCUT2D eigenvalue weighted by atomic mass is 10.0. The van der Waals surface area contributed by atoms with E-state index in [0.717, 1.165) is 148 Å². The Hall–Kier alpha value is -4.97. The minimum absolute atomic E-state index is 0.104. The van der Waals surface area contributed by atoms with Gasteiger partial charge in [0.25, 0.3) is 0 Å². The summed E-state index contributed by atoms with van der Waals surface area (Å²) in [5.41, 5.74) is 0. The monoisotopic (exact) mass is 1140 g/mol. The van der Waals surface area contributed by atoms with Gasteiger partial charge in [0, 0.05) is 19.3 Å². The van der Waals surface area contributed by atoms with Crippen molar-refractivity contribution in [2.75, 3.05) is 13.2 Å². The first-order chi connectivity index (χ1) is 41.0. The van der Waals surface area contributed by atoms with Crippen molar-refractivity contribution in [3.63, 3.8) is 0 Å². The Kier molecular flexibility index (Phi) is 65.4. The molecule has 0 saturated carbocycles. The summed E-state index contributed by atoms with van der Waals surface area (Å²) in [6.45, 7) is 6.34. The average molecular weight is 1150 g/mol. The van der Waals surface area contributed by atoms with E-state index in [0.29, 0.717) is 19.3 Å². The van der Waals surface area contributed by atoms with Gasteiger partial charge < -0.3 is 14.2 Å². The van der Waals surface area contributed by atoms with Crippen LogP contribution in [0.4, 0.5) is 0 Å². The van der Waals surface area contributed by atoms with Gasteiger partial charge in [0.2, 0.25) is 0 Å². The van der Waals surface area contributed by atoms with Gasteiger partial charge >= 0.3 is 17.9 Å². The molecule has 6 nitrogen and oxygen atoms in total. The van der Waals surface area contributed by atoms with Crippen molar-refractivity contribution < 1.29 is 28.6 Å².